The Morgan fingerprint density at radius 1 is 1.08 bits per heavy atom. The molecule has 0 amide bonds. The molecule has 0 N–H and O–H groups in total. The van der Waals surface area contributed by atoms with Crippen molar-refractivity contribution in [3.05, 3.63) is 40.4 Å². The minimum atomic E-state index is -2.66. The van der Waals surface area contributed by atoms with Gasteiger partial charge in [0.15, 0.2) is 0 Å². The first-order chi connectivity index (χ1) is 5.59. The van der Waals surface area contributed by atoms with Gasteiger partial charge in [0.2, 0.25) is 0 Å². The Kier molecular flexibility index (Phi) is 1.58. The van der Waals surface area contributed by atoms with E-state index >= 15 is 0 Å². The van der Waals surface area contributed by atoms with Crippen molar-refractivity contribution >= 4 is 21.5 Å². The topological polar surface area (TPSA) is 0 Å². The zero-order chi connectivity index (χ0) is 8.77. The Labute approximate surface area is 77.0 Å². The molecule has 1 aliphatic carbocycles. The molecule has 0 heterocycles. The first-order valence-corrected chi connectivity index (χ1v) is 4.26. The number of hydrogen-bond acceptors (Lipinski definition) is 0. The Hall–Kier alpha value is -0.700. The summed E-state index contributed by atoms with van der Waals surface area (Å²) < 4.78 is 25.9. The predicted molar refractivity (Wildman–Crippen MR) is 47.1 cm³/mol. The third kappa shape index (κ3) is 1.29. The number of allylic oxidation sites excluding steroid dienone is 2. The molecule has 0 aliphatic heterocycles. The van der Waals surface area contributed by atoms with Gasteiger partial charge in [-0.25, -0.2) is 0 Å². The highest BCUT2D eigenvalue weighted by Crippen LogP contribution is 2.47. The molecule has 0 atom stereocenters. The van der Waals surface area contributed by atoms with E-state index in [-0.39, 0.29) is 5.57 Å². The lowest BCUT2D eigenvalue weighted by atomic mass is 10.2. The van der Waals surface area contributed by atoms with Crippen LogP contribution < -0.4 is 0 Å². The zero-order valence-corrected chi connectivity index (χ0v) is 7.61. The molecule has 12 heavy (non-hydrogen) atoms. The molecule has 0 saturated carbocycles. The van der Waals surface area contributed by atoms with Crippen molar-refractivity contribution < 1.29 is 8.78 Å². The lowest BCUT2D eigenvalue weighted by Gasteiger charge is -1.97. The van der Waals surface area contributed by atoms with Crippen molar-refractivity contribution in [1.29, 1.82) is 0 Å². The van der Waals surface area contributed by atoms with Crippen LogP contribution in [0, 0.1) is 0 Å². The van der Waals surface area contributed by atoms with E-state index in [1.165, 1.54) is 0 Å². The van der Waals surface area contributed by atoms with Gasteiger partial charge >= 0.3 is 0 Å². The average molecular weight is 231 g/mol. The van der Waals surface area contributed by atoms with E-state index in [2.05, 4.69) is 15.9 Å². The van der Waals surface area contributed by atoms with Crippen LogP contribution in [0.4, 0.5) is 8.78 Å². The maximum Gasteiger partial charge on any atom is 0.292 e. The maximum absolute atomic E-state index is 12.5. The van der Waals surface area contributed by atoms with E-state index in [0.717, 1.165) is 10.5 Å². The van der Waals surface area contributed by atoms with E-state index in [9.17, 15) is 8.78 Å². The fourth-order valence-electron chi connectivity index (χ4n) is 1.05. The molecule has 2 rings (SSSR count). The van der Waals surface area contributed by atoms with E-state index < -0.39 is 5.92 Å². The van der Waals surface area contributed by atoms with Gasteiger partial charge in [-0.2, -0.15) is 8.78 Å². The highest BCUT2D eigenvalue weighted by Gasteiger charge is 2.45. The number of halogens is 3. The molecular weight excluding hydrogens is 226 g/mol. The summed E-state index contributed by atoms with van der Waals surface area (Å²) in [7, 11) is 0. The average Bonchev–Trinajstić information content (AvgIpc) is 2.61. The first kappa shape index (κ1) is 7.92. The molecule has 0 fully saturated rings. The first-order valence-electron chi connectivity index (χ1n) is 3.47. The van der Waals surface area contributed by atoms with Crippen LogP contribution in [-0.2, 0) is 0 Å². The number of rotatable bonds is 1. The van der Waals surface area contributed by atoms with Crippen LogP contribution in [-0.4, -0.2) is 5.92 Å². The third-order valence-electron chi connectivity index (χ3n) is 1.76. The van der Waals surface area contributed by atoms with E-state index in [1.807, 2.05) is 0 Å². The molecule has 1 aromatic rings. The minimum absolute atomic E-state index is 0.134. The second-order valence-corrected chi connectivity index (χ2v) is 3.60. The second-order valence-electron chi connectivity index (χ2n) is 2.69. The molecule has 0 spiro atoms. The summed E-state index contributed by atoms with van der Waals surface area (Å²) in [6, 6.07) is 6.86. The van der Waals surface area contributed by atoms with Crippen LogP contribution in [0.25, 0.3) is 5.57 Å². The van der Waals surface area contributed by atoms with Gasteiger partial charge in [-0.05, 0) is 23.8 Å². The monoisotopic (exact) mass is 230 g/mol. The van der Waals surface area contributed by atoms with Crippen LogP contribution in [0.3, 0.4) is 0 Å². The molecule has 0 unspecified atom stereocenters. The SMILES string of the molecule is FC1(F)C=C1c1ccc(Br)cc1. The van der Waals surface area contributed by atoms with Gasteiger partial charge < -0.3 is 0 Å². The van der Waals surface area contributed by atoms with Crippen molar-refractivity contribution in [2.75, 3.05) is 0 Å². The normalized spacial score (nSPS) is 18.8. The maximum atomic E-state index is 12.5. The molecule has 0 saturated heterocycles. The Morgan fingerprint density at radius 3 is 2.00 bits per heavy atom. The molecule has 3 heteroatoms. The van der Waals surface area contributed by atoms with Gasteiger partial charge in [-0.15, -0.1) is 0 Å². The van der Waals surface area contributed by atoms with Crippen LogP contribution in [0.5, 0.6) is 0 Å². The fourth-order valence-corrected chi connectivity index (χ4v) is 1.31. The smallest absolute Gasteiger partial charge is 0.196 e. The fraction of sp³-hybridized carbons (Fsp3) is 0.111. The standard InChI is InChI=1S/C9H5BrF2/c10-7-3-1-6(2-4-7)8-5-9(8,11)12/h1-5H. The second kappa shape index (κ2) is 2.39. The summed E-state index contributed by atoms with van der Waals surface area (Å²) >= 11 is 3.24. The lowest BCUT2D eigenvalue weighted by molar-refractivity contribution is 0.159. The molecule has 1 aliphatic rings. The molecule has 1 aromatic carbocycles. The molecule has 0 radical (unpaired) electrons. The van der Waals surface area contributed by atoms with Crippen LogP contribution >= 0.6 is 15.9 Å². The molecule has 0 aromatic heterocycles. The number of benzene rings is 1. The zero-order valence-electron chi connectivity index (χ0n) is 6.02. The Balaban J connectivity index is 2.27. The Morgan fingerprint density at radius 2 is 1.58 bits per heavy atom. The third-order valence-corrected chi connectivity index (χ3v) is 2.29. The van der Waals surface area contributed by atoms with Crippen LogP contribution in [0.1, 0.15) is 5.56 Å². The van der Waals surface area contributed by atoms with E-state index in [1.54, 1.807) is 24.3 Å². The van der Waals surface area contributed by atoms with Gasteiger partial charge in [0.05, 0.1) is 0 Å². The molecular formula is C9H5BrF2. The quantitative estimate of drug-likeness (QED) is 0.693. The summed E-state index contributed by atoms with van der Waals surface area (Å²) in [4.78, 5) is 0. The number of hydrogen-bond donors (Lipinski definition) is 0. The van der Waals surface area contributed by atoms with E-state index in [0.29, 0.717) is 5.56 Å². The van der Waals surface area contributed by atoms with Crippen molar-refractivity contribution in [2.24, 2.45) is 0 Å². The van der Waals surface area contributed by atoms with Crippen LogP contribution in [0.2, 0.25) is 0 Å². The number of alkyl halides is 2. The summed E-state index contributed by atoms with van der Waals surface area (Å²) in [5.74, 6) is -2.66. The van der Waals surface area contributed by atoms with Gasteiger partial charge in [0.1, 0.15) is 0 Å². The van der Waals surface area contributed by atoms with Crippen molar-refractivity contribution in [2.45, 2.75) is 5.92 Å². The molecule has 0 bridgehead atoms. The van der Waals surface area contributed by atoms with Gasteiger partial charge in [0, 0.05) is 10.0 Å². The highest BCUT2D eigenvalue weighted by atomic mass is 79.9. The highest BCUT2D eigenvalue weighted by molar-refractivity contribution is 9.10. The Bertz CT molecular complexity index is 338. The predicted octanol–water partition coefficient (Wildman–Crippen LogP) is 3.48. The summed E-state index contributed by atoms with van der Waals surface area (Å²) in [6.07, 6.45) is 0.968. The largest absolute Gasteiger partial charge is 0.292 e. The minimum Gasteiger partial charge on any atom is -0.196 e. The van der Waals surface area contributed by atoms with Gasteiger partial charge in [-0.3, -0.25) is 0 Å². The van der Waals surface area contributed by atoms with Crippen molar-refractivity contribution in [1.82, 2.24) is 0 Å². The molecule has 0 nitrogen and oxygen atoms in total. The van der Waals surface area contributed by atoms with Crippen molar-refractivity contribution in [3.63, 3.8) is 0 Å². The van der Waals surface area contributed by atoms with Gasteiger partial charge in [-0.1, -0.05) is 28.1 Å². The summed E-state index contributed by atoms with van der Waals surface area (Å²) in [5.41, 5.74) is 0.734. The summed E-state index contributed by atoms with van der Waals surface area (Å²) in [5, 5.41) is 0. The van der Waals surface area contributed by atoms with Crippen LogP contribution in [0.15, 0.2) is 34.8 Å². The van der Waals surface area contributed by atoms with Crippen molar-refractivity contribution in [3.8, 4) is 0 Å². The molecule has 62 valence electrons. The van der Waals surface area contributed by atoms with Gasteiger partial charge in [0.25, 0.3) is 5.92 Å². The lowest BCUT2D eigenvalue weighted by Crippen LogP contribution is -1.92. The van der Waals surface area contributed by atoms with E-state index in [4.69, 9.17) is 0 Å². The summed E-state index contributed by atoms with van der Waals surface area (Å²) in [6.45, 7) is 0.